The summed E-state index contributed by atoms with van der Waals surface area (Å²) in [5, 5.41) is 3.12. The monoisotopic (exact) mass is 250 g/mol. The van der Waals surface area contributed by atoms with Gasteiger partial charge in [-0.25, -0.2) is 4.98 Å². The third kappa shape index (κ3) is 3.57. The van der Waals surface area contributed by atoms with Gasteiger partial charge in [-0.1, -0.05) is 0 Å². The van der Waals surface area contributed by atoms with Crippen LogP contribution in [0.1, 0.15) is 25.5 Å². The van der Waals surface area contributed by atoms with Gasteiger partial charge in [0.2, 0.25) is 11.8 Å². The van der Waals surface area contributed by atoms with Crippen molar-refractivity contribution in [1.82, 2.24) is 14.9 Å². The Morgan fingerprint density at radius 3 is 2.78 bits per heavy atom. The highest BCUT2D eigenvalue weighted by atomic mass is 16.5. The number of nitrogens with zero attached hydrogens (tertiary/aromatic N) is 3. The number of piperidine rings is 1. The Morgan fingerprint density at radius 2 is 2.11 bits per heavy atom. The summed E-state index contributed by atoms with van der Waals surface area (Å²) in [7, 11) is 2.15. The van der Waals surface area contributed by atoms with Gasteiger partial charge in [-0.3, -0.25) is 0 Å². The van der Waals surface area contributed by atoms with Crippen molar-refractivity contribution >= 4 is 5.95 Å². The Kier molecular flexibility index (Phi) is 4.36. The normalized spacial score (nSPS) is 17.7. The largest absolute Gasteiger partial charge is 0.474 e. The maximum atomic E-state index is 5.95. The number of rotatable bonds is 4. The molecule has 0 spiro atoms. The molecule has 0 radical (unpaired) electrons. The van der Waals surface area contributed by atoms with Crippen LogP contribution in [0, 0.1) is 6.92 Å². The predicted octanol–water partition coefficient (Wildman–Crippen LogP) is 1.69. The van der Waals surface area contributed by atoms with Gasteiger partial charge < -0.3 is 15.0 Å². The zero-order valence-electron chi connectivity index (χ0n) is 11.4. The zero-order chi connectivity index (χ0) is 13.0. The van der Waals surface area contributed by atoms with E-state index in [1.165, 1.54) is 0 Å². The number of hydrogen-bond donors (Lipinski definition) is 1. The first-order valence-electron chi connectivity index (χ1n) is 6.62. The van der Waals surface area contributed by atoms with Gasteiger partial charge in [0.05, 0.1) is 0 Å². The topological polar surface area (TPSA) is 50.3 Å². The van der Waals surface area contributed by atoms with Crippen LogP contribution in [-0.4, -0.2) is 47.7 Å². The van der Waals surface area contributed by atoms with Crippen molar-refractivity contribution in [3.8, 4) is 5.88 Å². The van der Waals surface area contributed by atoms with Crippen LogP contribution in [0.5, 0.6) is 5.88 Å². The molecule has 1 fully saturated rings. The third-order valence-electron chi connectivity index (χ3n) is 3.12. The van der Waals surface area contributed by atoms with Crippen molar-refractivity contribution < 1.29 is 4.74 Å². The molecule has 0 unspecified atom stereocenters. The van der Waals surface area contributed by atoms with Crippen molar-refractivity contribution in [1.29, 1.82) is 0 Å². The van der Waals surface area contributed by atoms with Crippen molar-refractivity contribution in [2.24, 2.45) is 0 Å². The van der Waals surface area contributed by atoms with E-state index in [-0.39, 0.29) is 6.10 Å². The molecule has 0 bridgehead atoms. The average Bonchev–Trinajstić information content (AvgIpc) is 2.32. The molecule has 100 valence electrons. The van der Waals surface area contributed by atoms with Crippen LogP contribution in [0.4, 0.5) is 5.95 Å². The van der Waals surface area contributed by atoms with Crippen LogP contribution >= 0.6 is 0 Å². The molecule has 0 aliphatic carbocycles. The number of nitrogens with one attached hydrogen (secondary N) is 1. The number of likely N-dealkylation sites (tertiary alicyclic amines) is 1. The first-order valence-corrected chi connectivity index (χ1v) is 6.62. The minimum atomic E-state index is 0.282. The van der Waals surface area contributed by atoms with E-state index in [1.807, 2.05) is 19.9 Å². The van der Waals surface area contributed by atoms with E-state index in [4.69, 9.17) is 4.74 Å². The fourth-order valence-corrected chi connectivity index (χ4v) is 2.11. The SMILES string of the molecule is CCNc1nc(C)cc(OC2CCN(C)CC2)n1. The van der Waals surface area contributed by atoms with Gasteiger partial charge in [-0.15, -0.1) is 0 Å². The molecule has 1 aliphatic rings. The Hall–Kier alpha value is -1.36. The molecule has 0 atom stereocenters. The summed E-state index contributed by atoms with van der Waals surface area (Å²) in [4.78, 5) is 11.0. The molecule has 0 aromatic carbocycles. The van der Waals surface area contributed by atoms with E-state index in [0.29, 0.717) is 11.8 Å². The lowest BCUT2D eigenvalue weighted by Gasteiger charge is -2.29. The van der Waals surface area contributed by atoms with Gasteiger partial charge in [-0.05, 0) is 33.7 Å². The molecule has 1 aliphatic heterocycles. The van der Waals surface area contributed by atoms with Crippen LogP contribution in [0.25, 0.3) is 0 Å². The quantitative estimate of drug-likeness (QED) is 0.881. The minimum Gasteiger partial charge on any atom is -0.474 e. The number of ether oxygens (including phenoxy) is 1. The van der Waals surface area contributed by atoms with Crippen molar-refractivity contribution in [2.75, 3.05) is 32.0 Å². The molecule has 5 heteroatoms. The smallest absolute Gasteiger partial charge is 0.226 e. The molecule has 1 N–H and O–H groups in total. The minimum absolute atomic E-state index is 0.282. The molecular formula is C13H22N4O. The van der Waals surface area contributed by atoms with Gasteiger partial charge in [-0.2, -0.15) is 4.98 Å². The highest BCUT2D eigenvalue weighted by Gasteiger charge is 2.18. The Morgan fingerprint density at radius 1 is 1.39 bits per heavy atom. The second-order valence-corrected chi connectivity index (χ2v) is 4.82. The first kappa shape index (κ1) is 13.1. The van der Waals surface area contributed by atoms with Crippen molar-refractivity contribution in [3.05, 3.63) is 11.8 Å². The lowest BCUT2D eigenvalue weighted by molar-refractivity contribution is 0.110. The number of aryl methyl sites for hydroxylation is 1. The Bertz CT molecular complexity index is 389. The molecule has 1 saturated heterocycles. The standard InChI is InChI=1S/C13H22N4O/c1-4-14-13-15-10(2)9-12(16-13)18-11-5-7-17(3)8-6-11/h9,11H,4-8H2,1-3H3,(H,14,15,16). The number of aromatic nitrogens is 2. The van der Waals surface area contributed by atoms with Crippen LogP contribution in [-0.2, 0) is 0 Å². The summed E-state index contributed by atoms with van der Waals surface area (Å²) < 4.78 is 5.95. The first-order chi connectivity index (χ1) is 8.67. The summed E-state index contributed by atoms with van der Waals surface area (Å²) in [5.74, 6) is 1.34. The average molecular weight is 250 g/mol. The second kappa shape index (κ2) is 6.00. The summed E-state index contributed by atoms with van der Waals surface area (Å²) >= 11 is 0. The maximum Gasteiger partial charge on any atom is 0.226 e. The maximum absolute atomic E-state index is 5.95. The summed E-state index contributed by atoms with van der Waals surface area (Å²) in [6.45, 7) is 6.99. The highest BCUT2D eigenvalue weighted by Crippen LogP contribution is 2.18. The number of anilines is 1. The van der Waals surface area contributed by atoms with E-state index in [0.717, 1.165) is 38.2 Å². The van der Waals surface area contributed by atoms with Crippen LogP contribution in [0.15, 0.2) is 6.07 Å². The van der Waals surface area contributed by atoms with Gasteiger partial charge in [0.1, 0.15) is 6.10 Å². The molecule has 1 aromatic heterocycles. The van der Waals surface area contributed by atoms with Crippen LogP contribution in [0.2, 0.25) is 0 Å². The molecule has 0 saturated carbocycles. The number of hydrogen-bond acceptors (Lipinski definition) is 5. The van der Waals surface area contributed by atoms with Gasteiger partial charge in [0.15, 0.2) is 0 Å². The fraction of sp³-hybridized carbons (Fsp3) is 0.692. The summed E-state index contributed by atoms with van der Waals surface area (Å²) in [6.07, 6.45) is 2.41. The van der Waals surface area contributed by atoms with Crippen molar-refractivity contribution in [3.63, 3.8) is 0 Å². The Balaban J connectivity index is 2.00. The molecular weight excluding hydrogens is 228 g/mol. The molecule has 18 heavy (non-hydrogen) atoms. The lowest BCUT2D eigenvalue weighted by atomic mass is 10.1. The van der Waals surface area contributed by atoms with Gasteiger partial charge in [0.25, 0.3) is 0 Å². The second-order valence-electron chi connectivity index (χ2n) is 4.82. The van der Waals surface area contributed by atoms with Crippen molar-refractivity contribution in [2.45, 2.75) is 32.8 Å². The zero-order valence-corrected chi connectivity index (χ0v) is 11.4. The highest BCUT2D eigenvalue weighted by molar-refractivity contribution is 5.30. The van der Waals surface area contributed by atoms with Crippen LogP contribution in [0.3, 0.4) is 0 Å². The van der Waals surface area contributed by atoms with Gasteiger partial charge in [0, 0.05) is 31.4 Å². The van der Waals surface area contributed by atoms with E-state index in [9.17, 15) is 0 Å². The van der Waals surface area contributed by atoms with E-state index >= 15 is 0 Å². The molecule has 0 amide bonds. The fourth-order valence-electron chi connectivity index (χ4n) is 2.11. The lowest BCUT2D eigenvalue weighted by Crippen LogP contribution is -2.35. The molecule has 2 heterocycles. The molecule has 1 aromatic rings. The molecule has 2 rings (SSSR count). The van der Waals surface area contributed by atoms with E-state index < -0.39 is 0 Å². The van der Waals surface area contributed by atoms with Gasteiger partial charge >= 0.3 is 0 Å². The predicted molar refractivity (Wildman–Crippen MR) is 72.1 cm³/mol. The van der Waals surface area contributed by atoms with E-state index in [1.54, 1.807) is 0 Å². The van der Waals surface area contributed by atoms with E-state index in [2.05, 4.69) is 27.2 Å². The molecule has 5 nitrogen and oxygen atoms in total. The third-order valence-corrected chi connectivity index (χ3v) is 3.12. The summed E-state index contributed by atoms with van der Waals surface area (Å²) in [6, 6.07) is 1.90. The van der Waals surface area contributed by atoms with Crippen LogP contribution < -0.4 is 10.1 Å². The Labute approximate surface area is 109 Å². The summed E-state index contributed by atoms with van der Waals surface area (Å²) in [5.41, 5.74) is 0.934.